The molecule has 4 nitrogen and oxygen atoms in total. The maximum absolute atomic E-state index is 4.39. The van der Waals surface area contributed by atoms with Gasteiger partial charge in [0, 0.05) is 22.7 Å². The summed E-state index contributed by atoms with van der Waals surface area (Å²) in [6.07, 6.45) is 5.65. The Labute approximate surface area is 130 Å². The van der Waals surface area contributed by atoms with Gasteiger partial charge in [0.2, 0.25) is 0 Å². The summed E-state index contributed by atoms with van der Waals surface area (Å²) in [6, 6.07) is 8.37. The van der Waals surface area contributed by atoms with Crippen molar-refractivity contribution in [2.75, 3.05) is 23.4 Å². The van der Waals surface area contributed by atoms with Crippen LogP contribution in [0.4, 0.5) is 17.3 Å². The zero-order valence-electron chi connectivity index (χ0n) is 12.8. The molecule has 0 amide bonds. The lowest BCUT2D eigenvalue weighted by Gasteiger charge is -2.14. The van der Waals surface area contributed by atoms with E-state index in [0.29, 0.717) is 0 Å². The Kier molecular flexibility index (Phi) is 5.87. The van der Waals surface area contributed by atoms with Gasteiger partial charge in [0.15, 0.2) is 0 Å². The van der Waals surface area contributed by atoms with E-state index in [1.165, 1.54) is 4.90 Å². The Hall–Kier alpha value is -1.75. The first kappa shape index (κ1) is 15.6. The highest BCUT2D eigenvalue weighted by atomic mass is 32.2. The first-order valence-corrected chi connectivity index (χ1v) is 8.49. The van der Waals surface area contributed by atoms with E-state index in [-0.39, 0.29) is 0 Å². The van der Waals surface area contributed by atoms with E-state index in [9.17, 15) is 0 Å². The molecule has 21 heavy (non-hydrogen) atoms. The molecule has 112 valence electrons. The van der Waals surface area contributed by atoms with Gasteiger partial charge >= 0.3 is 0 Å². The fourth-order valence-electron chi connectivity index (χ4n) is 2.06. The van der Waals surface area contributed by atoms with Crippen LogP contribution in [0, 0.1) is 0 Å². The first-order chi connectivity index (χ1) is 10.3. The average molecular weight is 302 g/mol. The highest BCUT2D eigenvalue weighted by Gasteiger charge is 2.09. The van der Waals surface area contributed by atoms with Crippen LogP contribution in [0.15, 0.2) is 35.5 Å². The third-order valence-corrected chi connectivity index (χ3v) is 3.94. The zero-order valence-corrected chi connectivity index (χ0v) is 13.6. The normalized spacial score (nSPS) is 10.4. The van der Waals surface area contributed by atoms with Gasteiger partial charge in [-0.2, -0.15) is 0 Å². The van der Waals surface area contributed by atoms with Crippen molar-refractivity contribution in [3.63, 3.8) is 0 Å². The summed E-state index contributed by atoms with van der Waals surface area (Å²) >= 11 is 1.74. The van der Waals surface area contributed by atoms with Crippen molar-refractivity contribution in [1.29, 1.82) is 0 Å². The van der Waals surface area contributed by atoms with Crippen LogP contribution in [-0.2, 0) is 6.42 Å². The van der Waals surface area contributed by atoms with Gasteiger partial charge in [-0.3, -0.25) is 0 Å². The van der Waals surface area contributed by atoms with E-state index < -0.39 is 0 Å². The largest absolute Gasteiger partial charge is 0.370 e. The first-order valence-electron chi connectivity index (χ1n) is 7.27. The molecular formula is C16H22N4S. The minimum absolute atomic E-state index is 0.878. The van der Waals surface area contributed by atoms with Gasteiger partial charge in [-0.25, -0.2) is 9.97 Å². The summed E-state index contributed by atoms with van der Waals surface area (Å²) in [7, 11) is 0. The molecule has 0 spiro atoms. The predicted molar refractivity (Wildman–Crippen MR) is 91.7 cm³/mol. The molecule has 0 fully saturated rings. The van der Waals surface area contributed by atoms with E-state index in [2.05, 4.69) is 65.0 Å². The molecular weight excluding hydrogens is 280 g/mol. The standard InChI is InChI=1S/C16H22N4S/c1-4-10-17-15-14(5-2)16(19-11-18-15)20-12-6-8-13(21-3)9-7-12/h6-9,11H,4-5,10H2,1-3H3,(H2,17,18,19,20). The molecule has 0 saturated carbocycles. The molecule has 0 radical (unpaired) electrons. The van der Waals surface area contributed by atoms with Crippen LogP contribution < -0.4 is 10.6 Å². The van der Waals surface area contributed by atoms with Gasteiger partial charge in [-0.05, 0) is 43.4 Å². The number of hydrogen-bond donors (Lipinski definition) is 2. The third-order valence-electron chi connectivity index (χ3n) is 3.19. The van der Waals surface area contributed by atoms with Crippen molar-refractivity contribution >= 4 is 29.1 Å². The summed E-state index contributed by atoms with van der Waals surface area (Å²) in [5.41, 5.74) is 2.17. The molecule has 0 saturated heterocycles. The second kappa shape index (κ2) is 7.88. The molecule has 2 rings (SSSR count). The van der Waals surface area contributed by atoms with Gasteiger partial charge in [-0.1, -0.05) is 13.8 Å². The molecule has 5 heteroatoms. The lowest BCUT2D eigenvalue weighted by atomic mass is 10.2. The second-order valence-electron chi connectivity index (χ2n) is 4.68. The maximum atomic E-state index is 4.39. The molecule has 0 unspecified atom stereocenters. The number of rotatable bonds is 7. The summed E-state index contributed by atoms with van der Waals surface area (Å²) in [6.45, 7) is 5.19. The Bertz CT molecular complexity index is 569. The molecule has 1 heterocycles. The summed E-state index contributed by atoms with van der Waals surface area (Å²) < 4.78 is 0. The number of nitrogens with zero attached hydrogens (tertiary/aromatic N) is 2. The van der Waals surface area contributed by atoms with Crippen molar-refractivity contribution in [2.24, 2.45) is 0 Å². The number of aromatic nitrogens is 2. The van der Waals surface area contributed by atoms with Crippen LogP contribution in [0.3, 0.4) is 0 Å². The number of thioether (sulfide) groups is 1. The predicted octanol–water partition coefficient (Wildman–Crippen LogP) is 4.33. The van der Waals surface area contributed by atoms with E-state index in [1.54, 1.807) is 18.1 Å². The van der Waals surface area contributed by atoms with E-state index in [1.807, 2.05) is 0 Å². The van der Waals surface area contributed by atoms with Gasteiger partial charge in [-0.15, -0.1) is 11.8 Å². The van der Waals surface area contributed by atoms with Crippen molar-refractivity contribution in [2.45, 2.75) is 31.6 Å². The lowest BCUT2D eigenvalue weighted by molar-refractivity contribution is 0.949. The number of anilines is 3. The van der Waals surface area contributed by atoms with Crippen molar-refractivity contribution < 1.29 is 0 Å². The zero-order chi connectivity index (χ0) is 15.1. The fraction of sp³-hybridized carbons (Fsp3) is 0.375. The summed E-state index contributed by atoms with van der Waals surface area (Å²) in [5, 5.41) is 6.76. The minimum Gasteiger partial charge on any atom is -0.370 e. The molecule has 0 atom stereocenters. The molecule has 0 aliphatic heterocycles. The topological polar surface area (TPSA) is 49.8 Å². The Morgan fingerprint density at radius 1 is 1.05 bits per heavy atom. The smallest absolute Gasteiger partial charge is 0.139 e. The van der Waals surface area contributed by atoms with Crippen LogP contribution in [0.1, 0.15) is 25.8 Å². The quantitative estimate of drug-likeness (QED) is 0.746. The van der Waals surface area contributed by atoms with Crippen molar-refractivity contribution in [1.82, 2.24) is 9.97 Å². The van der Waals surface area contributed by atoms with Crippen LogP contribution in [-0.4, -0.2) is 22.8 Å². The van der Waals surface area contributed by atoms with Gasteiger partial charge < -0.3 is 10.6 Å². The van der Waals surface area contributed by atoms with Gasteiger partial charge in [0.25, 0.3) is 0 Å². The molecule has 1 aromatic heterocycles. The van der Waals surface area contributed by atoms with Gasteiger partial charge in [0.1, 0.15) is 18.0 Å². The SMILES string of the molecule is CCCNc1ncnc(Nc2ccc(SC)cc2)c1CC. The lowest BCUT2D eigenvalue weighted by Crippen LogP contribution is -2.08. The van der Waals surface area contributed by atoms with Crippen molar-refractivity contribution in [3.8, 4) is 0 Å². The highest BCUT2D eigenvalue weighted by Crippen LogP contribution is 2.25. The molecule has 0 aliphatic carbocycles. The Morgan fingerprint density at radius 2 is 1.76 bits per heavy atom. The third kappa shape index (κ3) is 4.11. The average Bonchev–Trinajstić information content (AvgIpc) is 2.53. The van der Waals surface area contributed by atoms with Crippen molar-refractivity contribution in [3.05, 3.63) is 36.2 Å². The number of nitrogens with one attached hydrogen (secondary N) is 2. The number of benzene rings is 1. The molecule has 0 bridgehead atoms. The van der Waals surface area contributed by atoms with E-state index >= 15 is 0 Å². The van der Waals surface area contributed by atoms with E-state index in [4.69, 9.17) is 0 Å². The maximum Gasteiger partial charge on any atom is 0.139 e. The molecule has 2 N–H and O–H groups in total. The Balaban J connectivity index is 2.21. The van der Waals surface area contributed by atoms with Crippen LogP contribution in [0.2, 0.25) is 0 Å². The van der Waals surface area contributed by atoms with E-state index in [0.717, 1.165) is 42.3 Å². The van der Waals surface area contributed by atoms with Crippen LogP contribution >= 0.6 is 11.8 Å². The summed E-state index contributed by atoms with van der Waals surface area (Å²) in [4.78, 5) is 9.99. The minimum atomic E-state index is 0.878. The monoisotopic (exact) mass is 302 g/mol. The van der Waals surface area contributed by atoms with Gasteiger partial charge in [0.05, 0.1) is 0 Å². The summed E-state index contributed by atoms with van der Waals surface area (Å²) in [5.74, 6) is 1.81. The molecule has 2 aromatic rings. The van der Waals surface area contributed by atoms with Crippen LogP contribution in [0.25, 0.3) is 0 Å². The Morgan fingerprint density at radius 3 is 2.38 bits per heavy atom. The molecule has 1 aromatic carbocycles. The second-order valence-corrected chi connectivity index (χ2v) is 5.56. The fourth-order valence-corrected chi connectivity index (χ4v) is 2.47. The highest BCUT2D eigenvalue weighted by molar-refractivity contribution is 7.98. The molecule has 0 aliphatic rings. The number of hydrogen-bond acceptors (Lipinski definition) is 5. The van der Waals surface area contributed by atoms with Crippen LogP contribution in [0.5, 0.6) is 0 Å².